The van der Waals surface area contributed by atoms with Crippen LogP contribution in [0.4, 0.5) is 0 Å². The molecule has 19 heavy (non-hydrogen) atoms. The summed E-state index contributed by atoms with van der Waals surface area (Å²) in [7, 11) is 0. The van der Waals surface area contributed by atoms with Gasteiger partial charge >= 0.3 is 5.97 Å². The molecule has 0 saturated carbocycles. The molecule has 0 aromatic heterocycles. The van der Waals surface area contributed by atoms with Crippen molar-refractivity contribution in [3.05, 3.63) is 65.2 Å². The highest BCUT2D eigenvalue weighted by atomic mass is 16.5. The molecule has 0 aliphatic rings. The summed E-state index contributed by atoms with van der Waals surface area (Å²) in [4.78, 5) is 21.7. The molecule has 0 unspecified atom stereocenters. The Morgan fingerprint density at radius 2 is 1.89 bits per heavy atom. The van der Waals surface area contributed by atoms with Crippen molar-refractivity contribution < 1.29 is 19.4 Å². The number of benzene rings is 2. The van der Waals surface area contributed by atoms with Gasteiger partial charge in [0.25, 0.3) is 0 Å². The molecular weight excluding hydrogens is 244 g/mol. The molecule has 1 N–H and O–H groups in total. The average molecular weight is 256 g/mol. The molecule has 2 aromatic carbocycles. The molecule has 0 saturated heterocycles. The van der Waals surface area contributed by atoms with E-state index in [0.29, 0.717) is 18.6 Å². The van der Waals surface area contributed by atoms with E-state index in [1.807, 2.05) is 30.3 Å². The van der Waals surface area contributed by atoms with Crippen molar-refractivity contribution in [2.45, 2.75) is 6.61 Å². The molecule has 4 heteroatoms. The fraction of sp³-hybridized carbons (Fsp3) is 0.0667. The van der Waals surface area contributed by atoms with E-state index in [2.05, 4.69) is 0 Å². The zero-order chi connectivity index (χ0) is 13.7. The zero-order valence-electron chi connectivity index (χ0n) is 10.1. The van der Waals surface area contributed by atoms with Gasteiger partial charge in [-0.15, -0.1) is 0 Å². The molecule has 0 radical (unpaired) electrons. The van der Waals surface area contributed by atoms with Gasteiger partial charge in [0.1, 0.15) is 18.6 Å². The first kappa shape index (κ1) is 12.8. The van der Waals surface area contributed by atoms with E-state index in [9.17, 15) is 9.59 Å². The van der Waals surface area contributed by atoms with E-state index in [0.717, 1.165) is 5.56 Å². The summed E-state index contributed by atoms with van der Waals surface area (Å²) in [6.07, 6.45) is 0.599. The van der Waals surface area contributed by atoms with Crippen molar-refractivity contribution in [1.29, 1.82) is 0 Å². The zero-order valence-corrected chi connectivity index (χ0v) is 10.1. The highest BCUT2D eigenvalue weighted by Gasteiger charge is 2.07. The highest BCUT2D eigenvalue weighted by molar-refractivity contribution is 5.90. The van der Waals surface area contributed by atoms with Crippen molar-refractivity contribution in [3.63, 3.8) is 0 Å². The van der Waals surface area contributed by atoms with Crippen molar-refractivity contribution in [2.24, 2.45) is 0 Å². The third kappa shape index (κ3) is 3.42. The van der Waals surface area contributed by atoms with Gasteiger partial charge in [0, 0.05) is 5.56 Å². The predicted molar refractivity (Wildman–Crippen MR) is 69.6 cm³/mol. The third-order valence-electron chi connectivity index (χ3n) is 2.56. The van der Waals surface area contributed by atoms with Crippen LogP contribution < -0.4 is 4.74 Å². The van der Waals surface area contributed by atoms with Gasteiger partial charge in [-0.3, -0.25) is 4.79 Å². The number of carbonyl (C=O) groups excluding carboxylic acids is 1. The first-order valence-corrected chi connectivity index (χ1v) is 5.69. The lowest BCUT2D eigenvalue weighted by Gasteiger charge is -2.08. The number of carbonyl (C=O) groups is 2. The van der Waals surface area contributed by atoms with Crippen LogP contribution in [0.1, 0.15) is 26.3 Å². The number of ether oxygens (including phenoxy) is 1. The Morgan fingerprint density at radius 1 is 1.16 bits per heavy atom. The smallest absolute Gasteiger partial charge is 0.335 e. The Bertz CT molecular complexity index is 590. The van der Waals surface area contributed by atoms with E-state index in [1.165, 1.54) is 18.2 Å². The summed E-state index contributed by atoms with van der Waals surface area (Å²) in [5.41, 5.74) is 1.28. The summed E-state index contributed by atoms with van der Waals surface area (Å²) in [6, 6.07) is 13.7. The van der Waals surface area contributed by atoms with Gasteiger partial charge < -0.3 is 9.84 Å². The summed E-state index contributed by atoms with van der Waals surface area (Å²) in [6.45, 7) is 0.322. The van der Waals surface area contributed by atoms with Crippen LogP contribution in [-0.4, -0.2) is 17.4 Å². The Labute approximate surface area is 110 Å². The minimum Gasteiger partial charge on any atom is -0.489 e. The van der Waals surface area contributed by atoms with Gasteiger partial charge in [0.15, 0.2) is 0 Å². The van der Waals surface area contributed by atoms with Crippen LogP contribution in [-0.2, 0) is 6.61 Å². The molecule has 0 atom stereocenters. The lowest BCUT2D eigenvalue weighted by atomic mass is 10.1. The van der Waals surface area contributed by atoms with Crippen molar-refractivity contribution in [3.8, 4) is 5.75 Å². The van der Waals surface area contributed by atoms with Gasteiger partial charge in [-0.05, 0) is 23.8 Å². The number of carboxylic acid groups (broad SMARTS) is 1. The monoisotopic (exact) mass is 256 g/mol. The van der Waals surface area contributed by atoms with Gasteiger partial charge in [0.2, 0.25) is 0 Å². The number of aromatic carboxylic acids is 1. The summed E-state index contributed by atoms with van der Waals surface area (Å²) < 4.78 is 5.50. The van der Waals surface area contributed by atoms with Crippen LogP contribution in [0.25, 0.3) is 0 Å². The molecule has 96 valence electrons. The summed E-state index contributed by atoms with van der Waals surface area (Å²) in [5, 5.41) is 8.94. The molecular formula is C15H12O4. The Kier molecular flexibility index (Phi) is 3.93. The van der Waals surface area contributed by atoms with Gasteiger partial charge in [-0.2, -0.15) is 0 Å². The summed E-state index contributed by atoms with van der Waals surface area (Å²) in [5.74, 6) is -0.723. The molecule has 0 spiro atoms. The Hall–Kier alpha value is -2.62. The number of hydrogen-bond acceptors (Lipinski definition) is 3. The number of hydrogen-bond donors (Lipinski definition) is 1. The molecule has 2 aromatic rings. The minimum atomic E-state index is -1.09. The fourth-order valence-electron chi connectivity index (χ4n) is 1.64. The molecule has 4 nitrogen and oxygen atoms in total. The van der Waals surface area contributed by atoms with Gasteiger partial charge in [-0.25, -0.2) is 4.79 Å². The molecule has 0 fully saturated rings. The van der Waals surface area contributed by atoms with Crippen LogP contribution in [0.3, 0.4) is 0 Å². The van der Waals surface area contributed by atoms with Crippen LogP contribution in [0.15, 0.2) is 48.5 Å². The SMILES string of the molecule is O=Cc1cc(OCc2ccccc2)cc(C(=O)O)c1. The predicted octanol–water partition coefficient (Wildman–Crippen LogP) is 2.78. The maximum Gasteiger partial charge on any atom is 0.335 e. The standard InChI is InChI=1S/C15H12O4/c16-9-12-6-13(15(17)18)8-14(7-12)19-10-11-4-2-1-3-5-11/h1-9H,10H2,(H,17,18). The normalized spacial score (nSPS) is 9.89. The second-order valence-electron chi connectivity index (χ2n) is 3.99. The lowest BCUT2D eigenvalue weighted by Crippen LogP contribution is -2.01. The van der Waals surface area contributed by atoms with Crippen LogP contribution in [0, 0.1) is 0 Å². The van der Waals surface area contributed by atoms with E-state index < -0.39 is 5.97 Å². The lowest BCUT2D eigenvalue weighted by molar-refractivity contribution is 0.0696. The van der Waals surface area contributed by atoms with E-state index in [1.54, 1.807) is 0 Å². The van der Waals surface area contributed by atoms with Crippen LogP contribution >= 0.6 is 0 Å². The quantitative estimate of drug-likeness (QED) is 0.835. The molecule has 0 aliphatic carbocycles. The van der Waals surface area contributed by atoms with E-state index in [4.69, 9.17) is 9.84 Å². The Balaban J connectivity index is 2.18. The molecule has 0 heterocycles. The number of rotatable bonds is 5. The first-order valence-electron chi connectivity index (χ1n) is 5.69. The second kappa shape index (κ2) is 5.82. The molecule has 0 amide bonds. The first-order chi connectivity index (χ1) is 9.19. The van der Waals surface area contributed by atoms with Gasteiger partial charge in [-0.1, -0.05) is 30.3 Å². The second-order valence-corrected chi connectivity index (χ2v) is 3.99. The van der Waals surface area contributed by atoms with Gasteiger partial charge in [0.05, 0.1) is 5.56 Å². The maximum atomic E-state index is 10.9. The van der Waals surface area contributed by atoms with Crippen LogP contribution in [0.2, 0.25) is 0 Å². The topological polar surface area (TPSA) is 63.6 Å². The largest absolute Gasteiger partial charge is 0.489 e. The maximum absolute atomic E-state index is 10.9. The average Bonchev–Trinajstić information content (AvgIpc) is 2.45. The van der Waals surface area contributed by atoms with E-state index >= 15 is 0 Å². The molecule has 0 aliphatic heterocycles. The van der Waals surface area contributed by atoms with Crippen molar-refractivity contribution in [1.82, 2.24) is 0 Å². The highest BCUT2D eigenvalue weighted by Crippen LogP contribution is 2.18. The van der Waals surface area contributed by atoms with E-state index in [-0.39, 0.29) is 11.1 Å². The number of carboxylic acids is 1. The molecule has 0 bridgehead atoms. The molecule has 2 rings (SSSR count). The van der Waals surface area contributed by atoms with Crippen LogP contribution in [0.5, 0.6) is 5.75 Å². The Morgan fingerprint density at radius 3 is 2.53 bits per heavy atom. The van der Waals surface area contributed by atoms with Crippen molar-refractivity contribution >= 4 is 12.3 Å². The van der Waals surface area contributed by atoms with Crippen molar-refractivity contribution in [2.75, 3.05) is 0 Å². The third-order valence-corrected chi connectivity index (χ3v) is 2.56. The minimum absolute atomic E-state index is 0.0349. The summed E-state index contributed by atoms with van der Waals surface area (Å²) >= 11 is 0. The fourth-order valence-corrected chi connectivity index (χ4v) is 1.64. The number of aldehydes is 1.